The molecule has 3 atom stereocenters. The third-order valence-corrected chi connectivity index (χ3v) is 6.18. The second-order valence-corrected chi connectivity index (χ2v) is 8.30. The Morgan fingerprint density at radius 1 is 1.30 bits per heavy atom. The van der Waals surface area contributed by atoms with Crippen LogP contribution < -0.4 is 5.32 Å². The van der Waals surface area contributed by atoms with Crippen molar-refractivity contribution in [1.82, 2.24) is 20.1 Å². The van der Waals surface area contributed by atoms with Gasteiger partial charge in [-0.2, -0.15) is 0 Å². The van der Waals surface area contributed by atoms with Gasteiger partial charge in [0.25, 0.3) is 0 Å². The van der Waals surface area contributed by atoms with E-state index in [1.807, 2.05) is 6.92 Å². The van der Waals surface area contributed by atoms with E-state index >= 15 is 0 Å². The molecular formula is C17H28N4OS. The first-order valence-electron chi connectivity index (χ1n) is 9.00. The predicted molar refractivity (Wildman–Crippen MR) is 92.6 cm³/mol. The van der Waals surface area contributed by atoms with Gasteiger partial charge in [-0.1, -0.05) is 31.5 Å². The van der Waals surface area contributed by atoms with E-state index in [1.54, 1.807) is 0 Å². The van der Waals surface area contributed by atoms with Gasteiger partial charge in [0.1, 0.15) is 5.82 Å². The highest BCUT2D eigenvalue weighted by atomic mass is 32.2. The summed E-state index contributed by atoms with van der Waals surface area (Å²) in [5.41, 5.74) is 0. The molecule has 6 heteroatoms. The predicted octanol–water partition coefficient (Wildman–Crippen LogP) is 3.35. The molecule has 1 amide bonds. The van der Waals surface area contributed by atoms with E-state index in [4.69, 9.17) is 0 Å². The maximum Gasteiger partial charge on any atom is 0.233 e. The number of nitrogens with one attached hydrogen (secondary N) is 1. The van der Waals surface area contributed by atoms with Crippen LogP contribution in [0.2, 0.25) is 0 Å². The fourth-order valence-corrected chi connectivity index (χ4v) is 4.30. The Morgan fingerprint density at radius 3 is 2.70 bits per heavy atom. The molecule has 0 aromatic carbocycles. The van der Waals surface area contributed by atoms with Gasteiger partial charge in [-0.3, -0.25) is 4.79 Å². The number of carbonyl (C=O) groups is 1. The van der Waals surface area contributed by atoms with Gasteiger partial charge in [-0.25, -0.2) is 0 Å². The summed E-state index contributed by atoms with van der Waals surface area (Å²) in [6.07, 6.45) is 7.30. The van der Waals surface area contributed by atoms with Crippen LogP contribution in [0.5, 0.6) is 0 Å². The van der Waals surface area contributed by atoms with Crippen LogP contribution in [0.3, 0.4) is 0 Å². The number of hydrogen-bond donors (Lipinski definition) is 1. The summed E-state index contributed by atoms with van der Waals surface area (Å²) in [6.45, 7) is 7.21. The first kappa shape index (κ1) is 16.8. The minimum atomic E-state index is -0.134. The molecule has 2 saturated carbocycles. The summed E-state index contributed by atoms with van der Waals surface area (Å²) in [5.74, 6) is 2.41. The highest BCUT2D eigenvalue weighted by molar-refractivity contribution is 8.00. The van der Waals surface area contributed by atoms with Crippen molar-refractivity contribution in [3.05, 3.63) is 5.82 Å². The highest BCUT2D eigenvalue weighted by Gasteiger charge is 2.31. The molecule has 2 aliphatic rings. The van der Waals surface area contributed by atoms with Gasteiger partial charge in [0.2, 0.25) is 5.91 Å². The second kappa shape index (κ2) is 7.24. The van der Waals surface area contributed by atoms with Gasteiger partial charge >= 0.3 is 0 Å². The molecule has 2 fully saturated rings. The number of hydrogen-bond acceptors (Lipinski definition) is 4. The van der Waals surface area contributed by atoms with Crippen molar-refractivity contribution in [2.45, 2.75) is 88.2 Å². The Balaban J connectivity index is 1.59. The average Bonchev–Trinajstić information content (AvgIpc) is 3.31. The number of thioether (sulfide) groups is 1. The van der Waals surface area contributed by atoms with Crippen LogP contribution in [0.1, 0.15) is 71.0 Å². The van der Waals surface area contributed by atoms with E-state index in [0.29, 0.717) is 17.9 Å². The van der Waals surface area contributed by atoms with Crippen LogP contribution in [0.25, 0.3) is 0 Å². The molecule has 1 aromatic heterocycles. The largest absolute Gasteiger partial charge is 0.352 e. The molecule has 2 aliphatic carbocycles. The van der Waals surface area contributed by atoms with E-state index in [1.165, 1.54) is 43.9 Å². The molecular weight excluding hydrogens is 308 g/mol. The fraction of sp³-hybridized carbons (Fsp3) is 0.824. The number of rotatable bonds is 6. The minimum Gasteiger partial charge on any atom is -0.352 e. The molecule has 1 heterocycles. The number of carbonyl (C=O) groups excluding carboxylic acids is 1. The lowest BCUT2D eigenvalue weighted by molar-refractivity contribution is -0.121. The summed E-state index contributed by atoms with van der Waals surface area (Å²) in [5, 5.41) is 12.7. The first-order chi connectivity index (χ1) is 11.1. The first-order valence-corrected chi connectivity index (χ1v) is 9.88. The Kier molecular flexibility index (Phi) is 5.29. The Bertz CT molecular complexity index is 555. The van der Waals surface area contributed by atoms with Crippen molar-refractivity contribution >= 4 is 17.7 Å². The molecule has 23 heavy (non-hydrogen) atoms. The smallest absolute Gasteiger partial charge is 0.233 e. The Hall–Kier alpha value is -1.04. The van der Waals surface area contributed by atoms with Crippen LogP contribution in [0.4, 0.5) is 0 Å². The van der Waals surface area contributed by atoms with Gasteiger partial charge in [0.05, 0.1) is 5.25 Å². The lowest BCUT2D eigenvalue weighted by atomic mass is 9.86. The molecule has 0 saturated heterocycles. The lowest BCUT2D eigenvalue weighted by Crippen LogP contribution is -2.44. The monoisotopic (exact) mass is 336 g/mol. The Labute approximate surface area is 143 Å². The zero-order valence-electron chi connectivity index (χ0n) is 14.4. The molecule has 5 nitrogen and oxygen atoms in total. The van der Waals surface area contributed by atoms with Gasteiger partial charge in [0.15, 0.2) is 5.16 Å². The van der Waals surface area contributed by atoms with Crippen LogP contribution in [0.15, 0.2) is 5.16 Å². The van der Waals surface area contributed by atoms with Gasteiger partial charge in [-0.15, -0.1) is 10.2 Å². The topological polar surface area (TPSA) is 59.8 Å². The van der Waals surface area contributed by atoms with Gasteiger partial charge in [-0.05, 0) is 45.4 Å². The number of nitrogens with zero attached hydrogens (tertiary/aromatic N) is 3. The molecule has 0 bridgehead atoms. The molecule has 0 radical (unpaired) electrons. The Morgan fingerprint density at radius 2 is 2.04 bits per heavy atom. The average molecular weight is 337 g/mol. The number of aromatic nitrogens is 3. The molecule has 1 N–H and O–H groups in total. The normalized spacial score (nSPS) is 26.0. The van der Waals surface area contributed by atoms with E-state index in [-0.39, 0.29) is 11.2 Å². The quantitative estimate of drug-likeness (QED) is 0.809. The van der Waals surface area contributed by atoms with Gasteiger partial charge < -0.3 is 9.88 Å². The standard InChI is InChI=1S/C17H28N4OS/c1-4-21-15(13-9-10-13)19-20-17(21)23-12(3)16(22)18-14-8-6-5-7-11(14)2/h11-14H,4-10H2,1-3H3,(H,18,22). The fourth-order valence-electron chi connectivity index (χ4n) is 3.37. The molecule has 1 aromatic rings. The lowest BCUT2D eigenvalue weighted by Gasteiger charge is -2.30. The van der Waals surface area contributed by atoms with E-state index in [2.05, 4.69) is 33.9 Å². The zero-order valence-corrected chi connectivity index (χ0v) is 15.2. The zero-order chi connectivity index (χ0) is 16.4. The van der Waals surface area contributed by atoms with Crippen LogP contribution >= 0.6 is 11.8 Å². The summed E-state index contributed by atoms with van der Waals surface area (Å²) in [6, 6.07) is 0.338. The SMILES string of the molecule is CCn1c(SC(C)C(=O)NC2CCCCC2C)nnc1C1CC1. The summed E-state index contributed by atoms with van der Waals surface area (Å²) >= 11 is 1.54. The van der Waals surface area contributed by atoms with E-state index in [0.717, 1.165) is 23.9 Å². The van der Waals surface area contributed by atoms with Gasteiger partial charge in [0, 0.05) is 18.5 Å². The second-order valence-electron chi connectivity index (χ2n) is 7.00. The van der Waals surface area contributed by atoms with Crippen molar-refractivity contribution < 1.29 is 4.79 Å². The van der Waals surface area contributed by atoms with Crippen LogP contribution in [0, 0.1) is 5.92 Å². The third kappa shape index (κ3) is 3.90. The summed E-state index contributed by atoms with van der Waals surface area (Å²) < 4.78 is 2.18. The van der Waals surface area contributed by atoms with Crippen molar-refractivity contribution in [1.29, 1.82) is 0 Å². The third-order valence-electron chi connectivity index (χ3n) is 5.09. The molecule has 0 aliphatic heterocycles. The van der Waals surface area contributed by atoms with Crippen molar-refractivity contribution in [3.8, 4) is 0 Å². The maximum atomic E-state index is 12.5. The van der Waals surface area contributed by atoms with Crippen LogP contribution in [-0.2, 0) is 11.3 Å². The highest BCUT2D eigenvalue weighted by Crippen LogP contribution is 2.40. The minimum absolute atomic E-state index is 0.132. The van der Waals surface area contributed by atoms with Crippen molar-refractivity contribution in [3.63, 3.8) is 0 Å². The molecule has 3 unspecified atom stereocenters. The molecule has 128 valence electrons. The molecule has 0 spiro atoms. The maximum absolute atomic E-state index is 12.5. The summed E-state index contributed by atoms with van der Waals surface area (Å²) in [7, 11) is 0. The van der Waals surface area contributed by atoms with E-state index in [9.17, 15) is 4.79 Å². The van der Waals surface area contributed by atoms with Crippen LogP contribution in [-0.4, -0.2) is 32.0 Å². The molecule has 3 rings (SSSR count). The van der Waals surface area contributed by atoms with Crippen molar-refractivity contribution in [2.75, 3.05) is 0 Å². The summed E-state index contributed by atoms with van der Waals surface area (Å²) in [4.78, 5) is 12.5. The van der Waals surface area contributed by atoms with E-state index < -0.39 is 0 Å². The van der Waals surface area contributed by atoms with Crippen molar-refractivity contribution in [2.24, 2.45) is 5.92 Å². The number of amides is 1.